The summed E-state index contributed by atoms with van der Waals surface area (Å²) in [5.41, 5.74) is 0.634. The van der Waals surface area contributed by atoms with Crippen molar-refractivity contribution >= 4 is 37.4 Å². The number of hydrogen-bond donors (Lipinski definition) is 1. The molecule has 0 heterocycles. The highest BCUT2D eigenvalue weighted by atomic mass is 79.9. The van der Waals surface area contributed by atoms with E-state index >= 15 is 0 Å². The van der Waals surface area contributed by atoms with Crippen LogP contribution < -0.4 is 4.90 Å². The summed E-state index contributed by atoms with van der Waals surface area (Å²) in [6, 6.07) is 4.86. The van der Waals surface area contributed by atoms with E-state index in [1.807, 2.05) is 0 Å². The van der Waals surface area contributed by atoms with Crippen LogP contribution in [0.1, 0.15) is 10.4 Å². The van der Waals surface area contributed by atoms with Crippen LogP contribution in [0.5, 0.6) is 0 Å². The molecular formula is C11H14BrNO4S. The van der Waals surface area contributed by atoms with E-state index in [1.54, 1.807) is 24.1 Å². The van der Waals surface area contributed by atoms with Gasteiger partial charge in [0, 0.05) is 24.3 Å². The van der Waals surface area contributed by atoms with Gasteiger partial charge < -0.3 is 10.0 Å². The monoisotopic (exact) mass is 335 g/mol. The van der Waals surface area contributed by atoms with Crippen LogP contribution in [0, 0.1) is 0 Å². The fraction of sp³-hybridized carbons (Fsp3) is 0.364. The quantitative estimate of drug-likeness (QED) is 0.885. The van der Waals surface area contributed by atoms with Gasteiger partial charge >= 0.3 is 5.97 Å². The summed E-state index contributed by atoms with van der Waals surface area (Å²) in [7, 11) is -1.40. The third-order valence-corrected chi connectivity index (χ3v) is 3.82. The minimum Gasteiger partial charge on any atom is -0.478 e. The van der Waals surface area contributed by atoms with E-state index in [1.165, 1.54) is 6.07 Å². The minimum atomic E-state index is -3.07. The molecule has 0 aliphatic rings. The average molecular weight is 336 g/mol. The van der Waals surface area contributed by atoms with Gasteiger partial charge in [0.25, 0.3) is 0 Å². The first-order chi connectivity index (χ1) is 8.20. The van der Waals surface area contributed by atoms with Crippen molar-refractivity contribution in [3.63, 3.8) is 0 Å². The Hall–Kier alpha value is -1.08. The molecule has 1 rings (SSSR count). The van der Waals surface area contributed by atoms with E-state index in [-0.39, 0.29) is 17.9 Å². The predicted octanol–water partition coefficient (Wildman–Crippen LogP) is 1.63. The highest BCUT2D eigenvalue weighted by Crippen LogP contribution is 2.23. The largest absolute Gasteiger partial charge is 0.478 e. The number of rotatable bonds is 5. The van der Waals surface area contributed by atoms with Crippen LogP contribution in [0.2, 0.25) is 0 Å². The van der Waals surface area contributed by atoms with Gasteiger partial charge in [-0.1, -0.05) is 15.9 Å². The molecule has 0 amide bonds. The van der Waals surface area contributed by atoms with Gasteiger partial charge in [-0.2, -0.15) is 0 Å². The maximum Gasteiger partial charge on any atom is 0.337 e. The summed E-state index contributed by atoms with van der Waals surface area (Å²) in [6.45, 7) is 0.251. The van der Waals surface area contributed by atoms with Crippen molar-refractivity contribution in [2.45, 2.75) is 0 Å². The van der Waals surface area contributed by atoms with Crippen molar-refractivity contribution < 1.29 is 18.3 Å². The first kappa shape index (κ1) is 15.0. The van der Waals surface area contributed by atoms with Gasteiger partial charge in [-0.05, 0) is 18.2 Å². The summed E-state index contributed by atoms with van der Waals surface area (Å²) < 4.78 is 22.8. The Balaban J connectivity index is 2.98. The maximum atomic E-state index is 11.1. The Kier molecular flexibility index (Phi) is 4.75. The number of nitrogens with zero attached hydrogens (tertiary/aromatic N) is 1. The Morgan fingerprint density at radius 2 is 2.06 bits per heavy atom. The number of carbonyl (C=O) groups is 1. The van der Waals surface area contributed by atoms with Crippen molar-refractivity contribution in [1.82, 2.24) is 0 Å². The van der Waals surface area contributed by atoms with E-state index in [4.69, 9.17) is 5.11 Å². The summed E-state index contributed by atoms with van der Waals surface area (Å²) in [4.78, 5) is 12.7. The molecule has 0 aliphatic heterocycles. The zero-order valence-electron chi connectivity index (χ0n) is 10.1. The summed E-state index contributed by atoms with van der Waals surface area (Å²) in [6.07, 6.45) is 1.15. The smallest absolute Gasteiger partial charge is 0.337 e. The van der Waals surface area contributed by atoms with Crippen molar-refractivity contribution in [1.29, 1.82) is 0 Å². The van der Waals surface area contributed by atoms with Crippen LogP contribution in [-0.4, -0.2) is 45.1 Å². The fourth-order valence-electron chi connectivity index (χ4n) is 1.44. The second-order valence-electron chi connectivity index (χ2n) is 4.02. The average Bonchev–Trinajstić information content (AvgIpc) is 2.24. The van der Waals surface area contributed by atoms with Crippen LogP contribution in [0.25, 0.3) is 0 Å². The van der Waals surface area contributed by atoms with Crippen molar-refractivity contribution in [3.8, 4) is 0 Å². The van der Waals surface area contributed by atoms with Crippen LogP contribution in [0.4, 0.5) is 5.69 Å². The van der Waals surface area contributed by atoms with Gasteiger partial charge in [0.2, 0.25) is 0 Å². The number of sulfone groups is 1. The minimum absolute atomic E-state index is 0.0153. The number of halogens is 1. The first-order valence-corrected chi connectivity index (χ1v) is 7.98. The molecule has 1 aromatic rings. The van der Waals surface area contributed by atoms with E-state index in [9.17, 15) is 13.2 Å². The van der Waals surface area contributed by atoms with Crippen molar-refractivity contribution in [3.05, 3.63) is 28.2 Å². The maximum absolute atomic E-state index is 11.1. The third-order valence-electron chi connectivity index (χ3n) is 2.40. The molecule has 1 aromatic carbocycles. The van der Waals surface area contributed by atoms with Crippen LogP contribution in [0.15, 0.2) is 22.7 Å². The number of hydrogen-bond acceptors (Lipinski definition) is 4. The molecule has 0 unspecified atom stereocenters. The normalized spacial score (nSPS) is 11.3. The lowest BCUT2D eigenvalue weighted by molar-refractivity contribution is 0.0697. The summed E-state index contributed by atoms with van der Waals surface area (Å²) in [5, 5.41) is 9.10. The van der Waals surface area contributed by atoms with Gasteiger partial charge in [0.15, 0.2) is 0 Å². The fourth-order valence-corrected chi connectivity index (χ4v) is 2.40. The number of aromatic carboxylic acids is 1. The van der Waals surface area contributed by atoms with Crippen LogP contribution in [0.3, 0.4) is 0 Å². The third kappa shape index (κ3) is 4.30. The Morgan fingerprint density at radius 1 is 1.44 bits per heavy atom. The molecule has 0 bridgehead atoms. The second kappa shape index (κ2) is 5.71. The Labute approximate surface area is 114 Å². The molecule has 0 radical (unpaired) electrons. The molecule has 18 heavy (non-hydrogen) atoms. The van der Waals surface area contributed by atoms with Gasteiger partial charge in [-0.15, -0.1) is 0 Å². The Morgan fingerprint density at radius 3 is 2.56 bits per heavy atom. The molecule has 1 N–H and O–H groups in total. The molecule has 0 aromatic heterocycles. The van der Waals surface area contributed by atoms with E-state index in [2.05, 4.69) is 15.9 Å². The zero-order valence-corrected chi connectivity index (χ0v) is 12.5. The lowest BCUT2D eigenvalue weighted by Crippen LogP contribution is -2.26. The van der Waals surface area contributed by atoms with Crippen molar-refractivity contribution in [2.24, 2.45) is 0 Å². The molecule has 5 nitrogen and oxygen atoms in total. The molecule has 0 aliphatic carbocycles. The van der Waals surface area contributed by atoms with E-state index < -0.39 is 15.8 Å². The molecule has 0 atom stereocenters. The van der Waals surface area contributed by atoms with Crippen molar-refractivity contribution in [2.75, 3.05) is 30.5 Å². The number of anilines is 1. The molecule has 7 heteroatoms. The first-order valence-electron chi connectivity index (χ1n) is 5.12. The highest BCUT2D eigenvalue weighted by Gasteiger charge is 2.15. The van der Waals surface area contributed by atoms with Crippen LogP contribution >= 0.6 is 15.9 Å². The van der Waals surface area contributed by atoms with Gasteiger partial charge in [0.1, 0.15) is 9.84 Å². The standard InChI is InChI=1S/C11H14BrNO4S/c1-13(5-6-18(2,16)17)10-4-3-8(12)7-9(10)11(14)15/h3-4,7H,5-6H2,1-2H3,(H,14,15). The lowest BCUT2D eigenvalue weighted by Gasteiger charge is -2.20. The SMILES string of the molecule is CN(CCS(C)(=O)=O)c1ccc(Br)cc1C(=O)O. The zero-order chi connectivity index (χ0) is 13.9. The highest BCUT2D eigenvalue weighted by molar-refractivity contribution is 9.10. The van der Waals surface area contributed by atoms with Gasteiger partial charge in [-0.3, -0.25) is 0 Å². The number of carboxylic acid groups (broad SMARTS) is 1. The molecule has 100 valence electrons. The van der Waals surface area contributed by atoms with Gasteiger partial charge in [-0.25, -0.2) is 13.2 Å². The number of benzene rings is 1. The summed E-state index contributed by atoms with van der Waals surface area (Å²) >= 11 is 3.21. The van der Waals surface area contributed by atoms with E-state index in [0.29, 0.717) is 10.2 Å². The molecule has 0 spiro atoms. The topological polar surface area (TPSA) is 74.7 Å². The second-order valence-corrected chi connectivity index (χ2v) is 7.19. The van der Waals surface area contributed by atoms with Gasteiger partial charge in [0.05, 0.1) is 17.0 Å². The summed E-state index contributed by atoms with van der Waals surface area (Å²) in [5.74, 6) is -1.06. The van der Waals surface area contributed by atoms with E-state index in [0.717, 1.165) is 6.26 Å². The Bertz CT molecular complexity index is 556. The molecular weight excluding hydrogens is 322 g/mol. The lowest BCUT2D eigenvalue weighted by atomic mass is 10.1. The van der Waals surface area contributed by atoms with Crippen LogP contribution in [-0.2, 0) is 9.84 Å². The number of carboxylic acids is 1. The molecule has 0 saturated carbocycles. The predicted molar refractivity (Wildman–Crippen MR) is 74.1 cm³/mol. The molecule has 0 fully saturated rings. The molecule has 0 saturated heterocycles.